The number of nitrogens with one attached hydrogen (secondary N) is 2. The summed E-state index contributed by atoms with van der Waals surface area (Å²) in [6.07, 6.45) is 1.80. The van der Waals surface area contributed by atoms with Crippen LogP contribution in [0.25, 0.3) is 0 Å². The van der Waals surface area contributed by atoms with Crippen LogP contribution in [-0.2, 0) is 20.7 Å². The minimum Gasteiger partial charge on any atom is -0.508 e. The van der Waals surface area contributed by atoms with Gasteiger partial charge in [-0.1, -0.05) is 66.7 Å². The normalized spacial score (nSPS) is 14.7. The number of anilines is 1. The lowest BCUT2D eigenvalue weighted by molar-refractivity contribution is -0.145. The molecule has 8 heteroatoms. The summed E-state index contributed by atoms with van der Waals surface area (Å²) in [6.45, 7) is 7.16. The van der Waals surface area contributed by atoms with Crippen molar-refractivity contribution in [1.29, 1.82) is 0 Å². The predicted octanol–water partition coefficient (Wildman–Crippen LogP) is 5.90. The van der Waals surface area contributed by atoms with Crippen molar-refractivity contribution in [3.8, 4) is 5.75 Å². The standard InChI is InChI=1S/C33H39N3O5/c1-22-13-8-10-19-26(22)34-30(38)29(25-18-9-11-20-28(25)37)36(24-16-12-17-24)31(39)27(21-23-14-6-5-7-15-23)35-32(40)41-33(2,3)4/h5-11,13-15,18-20,24,27,29,37H,12,16-17,21H2,1-4H3,(H,34,38)(H,35,40). The number of ether oxygens (including phenoxy) is 1. The first-order chi connectivity index (χ1) is 19.5. The van der Waals surface area contributed by atoms with Crippen molar-refractivity contribution >= 4 is 23.6 Å². The van der Waals surface area contributed by atoms with Crippen LogP contribution in [0.1, 0.15) is 62.8 Å². The highest BCUT2D eigenvalue weighted by molar-refractivity contribution is 6.00. The maximum absolute atomic E-state index is 14.5. The highest BCUT2D eigenvalue weighted by Crippen LogP contribution is 2.37. The zero-order valence-electron chi connectivity index (χ0n) is 24.1. The van der Waals surface area contributed by atoms with Gasteiger partial charge in [-0.15, -0.1) is 0 Å². The van der Waals surface area contributed by atoms with Gasteiger partial charge in [0.1, 0.15) is 23.4 Å². The molecule has 0 aromatic heterocycles. The maximum Gasteiger partial charge on any atom is 0.408 e. The van der Waals surface area contributed by atoms with E-state index in [1.807, 2.05) is 55.5 Å². The summed E-state index contributed by atoms with van der Waals surface area (Å²) in [4.78, 5) is 43.1. The fourth-order valence-electron chi connectivity index (χ4n) is 4.91. The Bertz CT molecular complexity index is 1360. The first-order valence-corrected chi connectivity index (χ1v) is 14.0. The molecule has 3 aromatic carbocycles. The Labute approximate surface area is 241 Å². The fraction of sp³-hybridized carbons (Fsp3) is 0.364. The van der Waals surface area contributed by atoms with Crippen molar-refractivity contribution in [1.82, 2.24) is 10.2 Å². The van der Waals surface area contributed by atoms with E-state index in [0.29, 0.717) is 24.1 Å². The molecule has 3 amide bonds. The highest BCUT2D eigenvalue weighted by Gasteiger charge is 2.43. The number of phenols is 1. The van der Waals surface area contributed by atoms with Crippen LogP contribution in [0.2, 0.25) is 0 Å². The van der Waals surface area contributed by atoms with Crippen LogP contribution in [0.3, 0.4) is 0 Å². The summed E-state index contributed by atoms with van der Waals surface area (Å²) in [5.74, 6) is -0.955. The van der Waals surface area contributed by atoms with E-state index in [0.717, 1.165) is 17.5 Å². The van der Waals surface area contributed by atoms with E-state index < -0.39 is 35.6 Å². The average Bonchev–Trinajstić information content (AvgIpc) is 2.88. The van der Waals surface area contributed by atoms with E-state index in [2.05, 4.69) is 10.6 Å². The molecule has 0 saturated heterocycles. The van der Waals surface area contributed by atoms with E-state index in [9.17, 15) is 19.5 Å². The van der Waals surface area contributed by atoms with Crippen molar-refractivity contribution in [2.24, 2.45) is 0 Å². The molecule has 0 radical (unpaired) electrons. The molecule has 1 aliphatic carbocycles. The zero-order valence-corrected chi connectivity index (χ0v) is 24.1. The van der Waals surface area contributed by atoms with Crippen molar-refractivity contribution in [3.05, 3.63) is 95.6 Å². The molecule has 0 heterocycles. The number of benzene rings is 3. The second kappa shape index (κ2) is 12.9. The van der Waals surface area contributed by atoms with E-state index in [-0.39, 0.29) is 18.2 Å². The molecule has 1 saturated carbocycles. The predicted molar refractivity (Wildman–Crippen MR) is 158 cm³/mol. The first kappa shape index (κ1) is 29.6. The summed E-state index contributed by atoms with van der Waals surface area (Å²) in [7, 11) is 0. The Morgan fingerprint density at radius 3 is 2.20 bits per heavy atom. The van der Waals surface area contributed by atoms with Crippen LogP contribution in [0.5, 0.6) is 5.75 Å². The third-order valence-corrected chi connectivity index (χ3v) is 7.16. The number of aromatic hydroxyl groups is 1. The Hall–Kier alpha value is -4.33. The number of aryl methyl sites for hydroxylation is 1. The van der Waals surface area contributed by atoms with Crippen LogP contribution in [0, 0.1) is 6.92 Å². The smallest absolute Gasteiger partial charge is 0.408 e. The van der Waals surface area contributed by atoms with Crippen LogP contribution in [0.4, 0.5) is 10.5 Å². The number of para-hydroxylation sites is 2. The van der Waals surface area contributed by atoms with Gasteiger partial charge >= 0.3 is 6.09 Å². The van der Waals surface area contributed by atoms with E-state index in [1.165, 1.54) is 6.07 Å². The number of carbonyl (C=O) groups excluding carboxylic acids is 3. The van der Waals surface area contributed by atoms with Crippen molar-refractivity contribution in [3.63, 3.8) is 0 Å². The quantitative estimate of drug-likeness (QED) is 0.304. The Kier molecular flexibility index (Phi) is 9.32. The molecule has 3 aromatic rings. The van der Waals surface area contributed by atoms with Crippen LogP contribution >= 0.6 is 0 Å². The summed E-state index contributed by atoms with van der Waals surface area (Å²) in [5, 5.41) is 16.6. The van der Waals surface area contributed by atoms with Crippen LogP contribution < -0.4 is 10.6 Å². The molecule has 41 heavy (non-hydrogen) atoms. The summed E-state index contributed by atoms with van der Waals surface area (Å²) in [6, 6.07) is 21.0. The van der Waals surface area contributed by atoms with Gasteiger partial charge in [-0.25, -0.2) is 4.79 Å². The third kappa shape index (κ3) is 7.66. The molecule has 4 rings (SSSR count). The Morgan fingerprint density at radius 1 is 0.951 bits per heavy atom. The van der Waals surface area contributed by atoms with Gasteiger partial charge in [0.15, 0.2) is 0 Å². The van der Waals surface area contributed by atoms with Crippen LogP contribution in [0.15, 0.2) is 78.9 Å². The minimum absolute atomic E-state index is 0.0886. The van der Waals surface area contributed by atoms with Gasteiger partial charge in [-0.2, -0.15) is 0 Å². The first-order valence-electron chi connectivity index (χ1n) is 14.0. The van der Waals surface area contributed by atoms with Gasteiger partial charge in [-0.05, 0) is 70.2 Å². The second-order valence-electron chi connectivity index (χ2n) is 11.5. The fourth-order valence-corrected chi connectivity index (χ4v) is 4.91. The second-order valence-corrected chi connectivity index (χ2v) is 11.5. The van der Waals surface area contributed by atoms with Gasteiger partial charge in [0.05, 0.1) is 0 Å². The van der Waals surface area contributed by atoms with Crippen molar-refractivity contribution in [2.45, 2.75) is 77.1 Å². The molecule has 0 aliphatic heterocycles. The SMILES string of the molecule is Cc1ccccc1NC(=O)C(c1ccccc1O)N(C(=O)C(Cc1ccccc1)NC(=O)OC(C)(C)C)C1CCC1. The lowest BCUT2D eigenvalue weighted by atomic mass is 9.87. The van der Waals surface area contributed by atoms with Crippen LogP contribution in [-0.4, -0.2) is 45.6 Å². The molecular weight excluding hydrogens is 518 g/mol. The molecule has 216 valence electrons. The number of hydrogen-bond donors (Lipinski definition) is 3. The third-order valence-electron chi connectivity index (χ3n) is 7.16. The number of carbonyl (C=O) groups is 3. The largest absolute Gasteiger partial charge is 0.508 e. The molecule has 1 fully saturated rings. The molecular formula is C33H39N3O5. The van der Waals surface area contributed by atoms with E-state index >= 15 is 0 Å². The maximum atomic E-state index is 14.5. The topological polar surface area (TPSA) is 108 Å². The summed E-state index contributed by atoms with van der Waals surface area (Å²) >= 11 is 0. The number of hydrogen-bond acceptors (Lipinski definition) is 5. The van der Waals surface area contributed by atoms with Gasteiger partial charge in [0.25, 0.3) is 5.91 Å². The molecule has 3 N–H and O–H groups in total. The summed E-state index contributed by atoms with van der Waals surface area (Å²) in [5.41, 5.74) is 1.89. The monoisotopic (exact) mass is 557 g/mol. The molecule has 1 aliphatic rings. The highest BCUT2D eigenvalue weighted by atomic mass is 16.6. The number of alkyl carbamates (subject to hydrolysis) is 1. The van der Waals surface area contributed by atoms with E-state index in [1.54, 1.807) is 49.9 Å². The average molecular weight is 558 g/mol. The zero-order chi connectivity index (χ0) is 29.6. The molecule has 0 bridgehead atoms. The number of phenolic OH excluding ortho intramolecular Hbond substituents is 1. The molecule has 8 nitrogen and oxygen atoms in total. The van der Waals surface area contributed by atoms with Gasteiger partial charge in [0, 0.05) is 23.7 Å². The number of amides is 3. The lowest BCUT2D eigenvalue weighted by Crippen LogP contribution is -2.57. The molecule has 2 atom stereocenters. The van der Waals surface area contributed by atoms with Crippen molar-refractivity contribution < 1.29 is 24.2 Å². The summed E-state index contributed by atoms with van der Waals surface area (Å²) < 4.78 is 5.50. The number of rotatable bonds is 9. The molecule has 2 unspecified atom stereocenters. The Balaban J connectivity index is 1.75. The van der Waals surface area contributed by atoms with Gasteiger partial charge < -0.3 is 25.4 Å². The molecule has 0 spiro atoms. The van der Waals surface area contributed by atoms with Crippen molar-refractivity contribution in [2.75, 3.05) is 5.32 Å². The Morgan fingerprint density at radius 2 is 1.59 bits per heavy atom. The van der Waals surface area contributed by atoms with Gasteiger partial charge in [0.2, 0.25) is 5.91 Å². The van der Waals surface area contributed by atoms with Gasteiger partial charge in [-0.3, -0.25) is 9.59 Å². The van der Waals surface area contributed by atoms with E-state index in [4.69, 9.17) is 4.74 Å². The lowest BCUT2D eigenvalue weighted by Gasteiger charge is -2.43. The minimum atomic E-state index is -1.13. The number of nitrogens with zero attached hydrogens (tertiary/aromatic N) is 1.